The van der Waals surface area contributed by atoms with Gasteiger partial charge in [-0.15, -0.1) is 0 Å². The van der Waals surface area contributed by atoms with E-state index in [4.69, 9.17) is 9.47 Å². The maximum Gasteiger partial charge on any atom is 0.407 e. The van der Waals surface area contributed by atoms with Crippen LogP contribution in [0.2, 0.25) is 0 Å². The monoisotopic (exact) mass is 465 g/mol. The van der Waals surface area contributed by atoms with Crippen molar-refractivity contribution in [3.05, 3.63) is 47.0 Å². The molecule has 0 fully saturated rings. The quantitative estimate of drug-likeness (QED) is 0.534. The molecule has 2 aromatic heterocycles. The number of pyridine rings is 2. The van der Waals surface area contributed by atoms with Crippen LogP contribution < -0.4 is 15.6 Å². The predicted octanol–water partition coefficient (Wildman–Crippen LogP) is 4.70. The number of hydrogen-bond donors (Lipinski definition) is 1. The van der Waals surface area contributed by atoms with Crippen LogP contribution in [0, 0.1) is 0 Å². The molecular weight excluding hydrogens is 439 g/mol. The summed E-state index contributed by atoms with van der Waals surface area (Å²) in [6, 6.07) is 5.91. The summed E-state index contributed by atoms with van der Waals surface area (Å²) in [5.74, 6) is 0.355. The lowest BCUT2D eigenvalue weighted by Gasteiger charge is -2.24. The Morgan fingerprint density at radius 1 is 1.15 bits per heavy atom. The van der Waals surface area contributed by atoms with Gasteiger partial charge in [0.05, 0.1) is 16.9 Å². The molecular formula is C23H26F3N3O4. The highest BCUT2D eigenvalue weighted by atomic mass is 19.4. The van der Waals surface area contributed by atoms with E-state index >= 15 is 0 Å². The van der Waals surface area contributed by atoms with E-state index in [9.17, 15) is 22.8 Å². The smallest absolute Gasteiger partial charge is 0.407 e. The molecule has 0 bridgehead atoms. The lowest BCUT2D eigenvalue weighted by atomic mass is 10.1. The van der Waals surface area contributed by atoms with E-state index in [0.717, 1.165) is 10.8 Å². The third-order valence-corrected chi connectivity index (χ3v) is 4.93. The molecule has 10 heteroatoms. The lowest BCUT2D eigenvalue weighted by Crippen LogP contribution is -2.42. The van der Waals surface area contributed by atoms with Gasteiger partial charge in [-0.2, -0.15) is 13.2 Å². The number of benzene rings is 1. The van der Waals surface area contributed by atoms with E-state index in [1.54, 1.807) is 58.3 Å². The third-order valence-electron chi connectivity index (χ3n) is 4.93. The first kappa shape index (κ1) is 24.3. The Balaban J connectivity index is 1.82. The fraction of sp³-hybridized carbons (Fsp3) is 0.435. The Morgan fingerprint density at radius 2 is 1.88 bits per heavy atom. The molecule has 178 valence electrons. The molecule has 0 saturated carbocycles. The number of carbonyl (C=O) groups is 1. The second kappa shape index (κ2) is 9.29. The number of amides is 1. The van der Waals surface area contributed by atoms with Crippen molar-refractivity contribution in [2.24, 2.45) is 7.05 Å². The van der Waals surface area contributed by atoms with Gasteiger partial charge in [-0.1, -0.05) is 0 Å². The molecule has 0 radical (unpaired) electrons. The van der Waals surface area contributed by atoms with Crippen molar-refractivity contribution in [3.8, 4) is 5.75 Å². The lowest BCUT2D eigenvalue weighted by molar-refractivity contribution is -0.137. The highest BCUT2D eigenvalue weighted by Gasteiger charge is 2.30. The maximum absolute atomic E-state index is 12.8. The van der Waals surface area contributed by atoms with Crippen LogP contribution in [-0.4, -0.2) is 40.1 Å². The number of carbonyl (C=O) groups excluding carboxylic acids is 1. The molecule has 0 aliphatic rings. The zero-order chi connectivity index (χ0) is 24.4. The highest BCUT2D eigenvalue weighted by Crippen LogP contribution is 2.26. The number of nitrogens with zero attached hydrogens (tertiary/aromatic N) is 2. The molecule has 3 aromatic rings. The largest absolute Gasteiger partial charge is 0.491 e. The van der Waals surface area contributed by atoms with Gasteiger partial charge in [-0.25, -0.2) is 4.79 Å². The van der Waals surface area contributed by atoms with Gasteiger partial charge in [0.2, 0.25) is 0 Å². The molecule has 1 N–H and O–H groups in total. The number of alkyl carbamates (subject to hydrolysis) is 1. The van der Waals surface area contributed by atoms with Crippen molar-refractivity contribution in [1.82, 2.24) is 14.9 Å². The Hall–Kier alpha value is -3.30. The number of nitrogens with one attached hydrogen (secondary N) is 1. The minimum absolute atomic E-state index is 0.202. The van der Waals surface area contributed by atoms with Gasteiger partial charge in [-0.05, 0) is 50.8 Å². The number of aryl methyl sites for hydroxylation is 1. The van der Waals surface area contributed by atoms with E-state index in [1.165, 1.54) is 10.8 Å². The minimum Gasteiger partial charge on any atom is -0.491 e. The maximum atomic E-state index is 12.8. The van der Waals surface area contributed by atoms with Crippen LogP contribution in [0.3, 0.4) is 0 Å². The fourth-order valence-electron chi connectivity index (χ4n) is 3.40. The number of aromatic nitrogens is 2. The SMILES string of the molecule is Cn1c(=O)c2cnccc2c2ccc(OCC(CCC(F)(F)F)NC(=O)OC(C)(C)C)cc21. The standard InChI is InChI=1S/C23H26F3N3O4/c1-22(2,3)33-21(31)28-14(7-9-23(24,25)26)13-32-15-5-6-17-16-8-10-27-12-18(16)20(30)29(4)19(17)11-15/h5-6,8,10-12,14H,7,9,13H2,1-4H3,(H,28,31). The van der Waals surface area contributed by atoms with Gasteiger partial charge in [0, 0.05) is 37.3 Å². The molecule has 0 spiro atoms. The number of halogens is 3. The number of rotatable bonds is 6. The molecule has 7 nitrogen and oxygen atoms in total. The van der Waals surface area contributed by atoms with Crippen molar-refractivity contribution < 1.29 is 27.4 Å². The zero-order valence-corrected chi connectivity index (χ0v) is 18.8. The van der Waals surface area contributed by atoms with Gasteiger partial charge in [0.25, 0.3) is 5.56 Å². The number of alkyl halides is 3. The van der Waals surface area contributed by atoms with Crippen LogP contribution >= 0.6 is 0 Å². The van der Waals surface area contributed by atoms with E-state index in [-0.39, 0.29) is 18.6 Å². The van der Waals surface area contributed by atoms with Crippen LogP contribution in [0.1, 0.15) is 33.6 Å². The second-order valence-corrected chi connectivity index (χ2v) is 8.77. The Kier molecular flexibility index (Phi) is 6.85. The van der Waals surface area contributed by atoms with Crippen LogP contribution in [0.5, 0.6) is 5.75 Å². The summed E-state index contributed by atoms with van der Waals surface area (Å²) in [4.78, 5) is 28.7. The Bertz CT molecular complexity index is 1220. The summed E-state index contributed by atoms with van der Waals surface area (Å²) in [5, 5.41) is 4.48. The van der Waals surface area contributed by atoms with E-state index in [1.807, 2.05) is 0 Å². The van der Waals surface area contributed by atoms with E-state index < -0.39 is 30.3 Å². The molecule has 1 aromatic carbocycles. The molecule has 1 amide bonds. The first-order valence-corrected chi connectivity index (χ1v) is 10.4. The minimum atomic E-state index is -4.37. The average molecular weight is 465 g/mol. The zero-order valence-electron chi connectivity index (χ0n) is 18.8. The first-order chi connectivity index (χ1) is 15.3. The van der Waals surface area contributed by atoms with E-state index in [0.29, 0.717) is 16.7 Å². The van der Waals surface area contributed by atoms with Crippen molar-refractivity contribution in [3.63, 3.8) is 0 Å². The summed E-state index contributed by atoms with van der Waals surface area (Å²) in [7, 11) is 1.62. The molecule has 0 aliphatic carbocycles. The van der Waals surface area contributed by atoms with Gasteiger partial charge in [-0.3, -0.25) is 9.78 Å². The topological polar surface area (TPSA) is 82.5 Å². The molecule has 0 saturated heterocycles. The van der Waals surface area contributed by atoms with Crippen molar-refractivity contribution in [2.45, 2.75) is 51.4 Å². The number of ether oxygens (including phenoxy) is 2. The van der Waals surface area contributed by atoms with Crippen LogP contribution in [0.25, 0.3) is 21.7 Å². The molecule has 1 unspecified atom stereocenters. The predicted molar refractivity (Wildman–Crippen MR) is 118 cm³/mol. The van der Waals surface area contributed by atoms with Crippen LogP contribution in [-0.2, 0) is 11.8 Å². The molecule has 0 aliphatic heterocycles. The van der Waals surface area contributed by atoms with Crippen molar-refractivity contribution in [2.75, 3.05) is 6.61 Å². The second-order valence-electron chi connectivity index (χ2n) is 8.77. The number of hydrogen-bond acceptors (Lipinski definition) is 5. The highest BCUT2D eigenvalue weighted by molar-refractivity contribution is 6.05. The summed E-state index contributed by atoms with van der Waals surface area (Å²) in [6.45, 7) is 4.78. The van der Waals surface area contributed by atoms with Gasteiger partial charge in [0.15, 0.2) is 0 Å². The summed E-state index contributed by atoms with van der Waals surface area (Å²) < 4.78 is 50.6. The van der Waals surface area contributed by atoms with Crippen LogP contribution in [0.15, 0.2) is 41.5 Å². The molecule has 33 heavy (non-hydrogen) atoms. The van der Waals surface area contributed by atoms with Gasteiger partial charge in [0.1, 0.15) is 18.0 Å². The van der Waals surface area contributed by atoms with Crippen LogP contribution in [0.4, 0.5) is 18.0 Å². The fourth-order valence-corrected chi connectivity index (χ4v) is 3.40. The number of fused-ring (bicyclic) bond motifs is 3. The molecule has 3 rings (SSSR count). The summed E-state index contributed by atoms with van der Waals surface area (Å²) >= 11 is 0. The Morgan fingerprint density at radius 3 is 2.55 bits per heavy atom. The molecule has 2 heterocycles. The average Bonchev–Trinajstić information content (AvgIpc) is 2.72. The summed E-state index contributed by atoms with van der Waals surface area (Å²) in [6.07, 6.45) is -3.53. The van der Waals surface area contributed by atoms with Gasteiger partial charge >= 0.3 is 12.3 Å². The van der Waals surface area contributed by atoms with Crippen molar-refractivity contribution in [1.29, 1.82) is 0 Å². The van der Waals surface area contributed by atoms with E-state index in [2.05, 4.69) is 10.3 Å². The van der Waals surface area contributed by atoms with Gasteiger partial charge < -0.3 is 19.4 Å². The summed E-state index contributed by atoms with van der Waals surface area (Å²) in [5.41, 5.74) is -0.415. The molecule has 1 atom stereocenters. The van der Waals surface area contributed by atoms with Crippen molar-refractivity contribution >= 4 is 27.8 Å². The Labute approximate surface area is 188 Å². The normalized spacial score (nSPS) is 13.2. The first-order valence-electron chi connectivity index (χ1n) is 10.4. The third kappa shape index (κ3) is 6.36.